The van der Waals surface area contributed by atoms with Crippen LogP contribution >= 0.6 is 0 Å². The van der Waals surface area contributed by atoms with E-state index in [0.717, 1.165) is 32.1 Å². The van der Waals surface area contributed by atoms with Crippen LogP contribution in [0.4, 0.5) is 0 Å². The van der Waals surface area contributed by atoms with Crippen molar-refractivity contribution in [3.63, 3.8) is 0 Å². The minimum atomic E-state index is 0.255. The highest BCUT2D eigenvalue weighted by atomic mass is 16.2. The molecule has 0 radical (unpaired) electrons. The smallest absolute Gasteiger partial charge is 0.224 e. The largest absolute Gasteiger partial charge is 0.343 e. The van der Waals surface area contributed by atoms with Gasteiger partial charge in [-0.1, -0.05) is 6.92 Å². The molecule has 2 N–H and O–H groups in total. The highest BCUT2D eigenvalue weighted by Crippen LogP contribution is 2.20. The zero-order valence-electron chi connectivity index (χ0n) is 11.6. The molecule has 2 aliphatic rings. The van der Waals surface area contributed by atoms with Crippen LogP contribution in [0.1, 0.15) is 39.0 Å². The Balaban J connectivity index is 1.82. The fourth-order valence-electron chi connectivity index (χ4n) is 3.05. The van der Waals surface area contributed by atoms with Gasteiger partial charge >= 0.3 is 0 Å². The Morgan fingerprint density at radius 3 is 2.39 bits per heavy atom. The van der Waals surface area contributed by atoms with E-state index in [4.69, 9.17) is 5.73 Å². The van der Waals surface area contributed by atoms with Gasteiger partial charge in [-0.2, -0.15) is 0 Å². The number of piperidine rings is 1. The predicted octanol–water partition coefficient (Wildman–Crippen LogP) is 1.06. The first-order valence-electron chi connectivity index (χ1n) is 7.42. The van der Waals surface area contributed by atoms with E-state index in [-0.39, 0.29) is 6.04 Å². The number of carbonyl (C=O) groups is 1. The Hall–Kier alpha value is -0.610. The lowest BCUT2D eigenvalue weighted by Gasteiger charge is -2.36. The van der Waals surface area contributed by atoms with E-state index >= 15 is 0 Å². The molecule has 4 nitrogen and oxygen atoms in total. The number of likely N-dealkylation sites (tertiary alicyclic amines) is 2. The Morgan fingerprint density at radius 1 is 1.22 bits per heavy atom. The molecule has 0 aromatic carbocycles. The molecule has 0 aromatic heterocycles. The molecule has 0 bridgehead atoms. The summed E-state index contributed by atoms with van der Waals surface area (Å²) in [6, 6.07) is 0.255. The van der Waals surface area contributed by atoms with Crippen molar-refractivity contribution in [1.29, 1.82) is 0 Å². The molecule has 0 aromatic rings. The van der Waals surface area contributed by atoms with Gasteiger partial charge in [-0.15, -0.1) is 0 Å². The Labute approximate surface area is 110 Å². The highest BCUT2D eigenvalue weighted by molar-refractivity contribution is 5.77. The molecular weight excluding hydrogens is 226 g/mol. The van der Waals surface area contributed by atoms with Crippen molar-refractivity contribution in [3.05, 3.63) is 0 Å². The third-order valence-electron chi connectivity index (χ3n) is 4.48. The highest BCUT2D eigenvalue weighted by Gasteiger charge is 2.27. The van der Waals surface area contributed by atoms with Crippen molar-refractivity contribution in [2.75, 3.05) is 32.7 Å². The van der Waals surface area contributed by atoms with Gasteiger partial charge in [0.2, 0.25) is 5.91 Å². The second-order valence-electron chi connectivity index (χ2n) is 5.90. The maximum absolute atomic E-state index is 12.2. The normalized spacial score (nSPS) is 24.4. The van der Waals surface area contributed by atoms with Crippen LogP contribution in [-0.2, 0) is 4.79 Å². The van der Waals surface area contributed by atoms with E-state index in [0.29, 0.717) is 18.9 Å². The summed E-state index contributed by atoms with van der Waals surface area (Å²) in [6.07, 6.45) is 5.44. The van der Waals surface area contributed by atoms with Crippen LogP contribution in [0.3, 0.4) is 0 Å². The van der Waals surface area contributed by atoms with Crippen LogP contribution in [0.25, 0.3) is 0 Å². The Bertz CT molecular complexity index is 268. The van der Waals surface area contributed by atoms with Crippen LogP contribution in [0, 0.1) is 5.92 Å². The first kappa shape index (κ1) is 13.8. The molecule has 1 unspecified atom stereocenters. The molecule has 0 aliphatic carbocycles. The number of hydrogen-bond donors (Lipinski definition) is 1. The summed E-state index contributed by atoms with van der Waals surface area (Å²) >= 11 is 0. The van der Waals surface area contributed by atoms with Gasteiger partial charge in [0.15, 0.2) is 0 Å². The third-order valence-corrected chi connectivity index (χ3v) is 4.48. The number of carbonyl (C=O) groups excluding carboxylic acids is 1. The van der Waals surface area contributed by atoms with Crippen molar-refractivity contribution in [2.24, 2.45) is 11.7 Å². The molecule has 2 saturated heterocycles. The van der Waals surface area contributed by atoms with Crippen LogP contribution in [0.15, 0.2) is 0 Å². The third kappa shape index (κ3) is 3.45. The fraction of sp³-hybridized carbons (Fsp3) is 0.929. The molecule has 2 aliphatic heterocycles. The molecule has 0 spiro atoms. The van der Waals surface area contributed by atoms with Crippen LogP contribution in [0.5, 0.6) is 0 Å². The monoisotopic (exact) mass is 253 g/mol. The summed E-state index contributed by atoms with van der Waals surface area (Å²) in [5, 5.41) is 0. The number of hydrogen-bond acceptors (Lipinski definition) is 3. The number of amides is 1. The van der Waals surface area contributed by atoms with Gasteiger partial charge in [-0.25, -0.2) is 0 Å². The number of rotatable bonds is 4. The van der Waals surface area contributed by atoms with E-state index in [1.165, 1.54) is 25.7 Å². The van der Waals surface area contributed by atoms with Gasteiger partial charge in [0.1, 0.15) is 0 Å². The van der Waals surface area contributed by atoms with Crippen molar-refractivity contribution < 1.29 is 4.79 Å². The summed E-state index contributed by atoms with van der Waals surface area (Å²) in [6.45, 7) is 7.03. The summed E-state index contributed by atoms with van der Waals surface area (Å²) < 4.78 is 0. The molecule has 2 rings (SSSR count). The van der Waals surface area contributed by atoms with Crippen LogP contribution in [-0.4, -0.2) is 54.5 Å². The van der Waals surface area contributed by atoms with E-state index < -0.39 is 0 Å². The van der Waals surface area contributed by atoms with E-state index in [9.17, 15) is 4.79 Å². The minimum Gasteiger partial charge on any atom is -0.343 e. The first-order chi connectivity index (χ1) is 8.70. The average Bonchev–Trinajstić information content (AvgIpc) is 2.91. The molecule has 0 saturated carbocycles. The van der Waals surface area contributed by atoms with Gasteiger partial charge < -0.3 is 10.6 Å². The molecule has 1 atom stereocenters. The lowest BCUT2D eigenvalue weighted by atomic mass is 9.97. The topological polar surface area (TPSA) is 49.6 Å². The van der Waals surface area contributed by atoms with Crippen molar-refractivity contribution in [2.45, 2.75) is 45.1 Å². The average molecular weight is 253 g/mol. The van der Waals surface area contributed by atoms with E-state index in [2.05, 4.69) is 11.8 Å². The zero-order chi connectivity index (χ0) is 13.0. The van der Waals surface area contributed by atoms with Crippen molar-refractivity contribution >= 4 is 5.91 Å². The second kappa shape index (κ2) is 6.53. The molecule has 18 heavy (non-hydrogen) atoms. The predicted molar refractivity (Wildman–Crippen MR) is 73.2 cm³/mol. The van der Waals surface area contributed by atoms with Crippen molar-refractivity contribution in [3.8, 4) is 0 Å². The Kier molecular flexibility index (Phi) is 5.01. The van der Waals surface area contributed by atoms with Gasteiger partial charge in [0, 0.05) is 32.1 Å². The van der Waals surface area contributed by atoms with E-state index in [1.54, 1.807) is 0 Å². The second-order valence-corrected chi connectivity index (χ2v) is 5.90. The quantitative estimate of drug-likeness (QED) is 0.815. The standard InChI is InChI=1S/C14H27N3O/c1-12-4-8-16(9-5-12)13(11-15)10-14(18)17-6-2-3-7-17/h12-13H,2-11,15H2,1H3. The molecule has 4 heteroatoms. The zero-order valence-corrected chi connectivity index (χ0v) is 11.6. The maximum atomic E-state index is 12.2. The van der Waals surface area contributed by atoms with Gasteiger partial charge in [-0.05, 0) is 44.7 Å². The van der Waals surface area contributed by atoms with Crippen LogP contribution in [0.2, 0.25) is 0 Å². The summed E-state index contributed by atoms with van der Waals surface area (Å²) in [4.78, 5) is 16.6. The molecule has 1 amide bonds. The van der Waals surface area contributed by atoms with Crippen LogP contribution < -0.4 is 5.73 Å². The van der Waals surface area contributed by atoms with Gasteiger partial charge in [0.25, 0.3) is 0 Å². The first-order valence-corrected chi connectivity index (χ1v) is 7.42. The number of nitrogens with zero attached hydrogens (tertiary/aromatic N) is 2. The summed E-state index contributed by atoms with van der Waals surface area (Å²) in [5.74, 6) is 1.13. The maximum Gasteiger partial charge on any atom is 0.224 e. The molecule has 104 valence electrons. The molecule has 2 fully saturated rings. The SMILES string of the molecule is CC1CCN(C(CN)CC(=O)N2CCCC2)CC1. The van der Waals surface area contributed by atoms with Gasteiger partial charge in [-0.3, -0.25) is 9.69 Å². The fourth-order valence-corrected chi connectivity index (χ4v) is 3.05. The lowest BCUT2D eigenvalue weighted by Crippen LogP contribution is -2.47. The number of nitrogens with two attached hydrogens (primary N) is 1. The van der Waals surface area contributed by atoms with Gasteiger partial charge in [0.05, 0.1) is 0 Å². The van der Waals surface area contributed by atoms with E-state index in [1.807, 2.05) is 4.90 Å². The lowest BCUT2D eigenvalue weighted by molar-refractivity contribution is -0.131. The van der Waals surface area contributed by atoms with Crippen molar-refractivity contribution in [1.82, 2.24) is 9.80 Å². The molecule has 2 heterocycles. The summed E-state index contributed by atoms with van der Waals surface area (Å²) in [7, 11) is 0. The Morgan fingerprint density at radius 2 is 1.83 bits per heavy atom. The molecular formula is C14H27N3O. The minimum absolute atomic E-state index is 0.255. The summed E-state index contributed by atoms with van der Waals surface area (Å²) in [5.41, 5.74) is 5.87.